The van der Waals surface area contributed by atoms with Gasteiger partial charge in [0.05, 0.1) is 4.99 Å². The molecule has 0 rings (SSSR count). The van der Waals surface area contributed by atoms with Crippen molar-refractivity contribution in [2.24, 2.45) is 5.41 Å². The number of amides is 1. The maximum Gasteiger partial charge on any atom is 0.223 e. The number of nitrogens with zero attached hydrogens (tertiary/aromatic N) is 1. The maximum atomic E-state index is 10.9. The Kier molecular flexibility index (Phi) is 3.17. The van der Waals surface area contributed by atoms with E-state index in [2.05, 4.69) is 0 Å². The fraction of sp³-hybridized carbons (Fsp3) is 0.750. The minimum absolute atomic E-state index is 0.00933. The highest BCUT2D eigenvalue weighted by molar-refractivity contribution is 7.80. The molecule has 11 heavy (non-hydrogen) atoms. The first-order valence-corrected chi connectivity index (χ1v) is 3.96. The normalized spacial score (nSPS) is 11.0. The van der Waals surface area contributed by atoms with Gasteiger partial charge in [0.2, 0.25) is 5.91 Å². The zero-order valence-electron chi connectivity index (χ0n) is 7.76. The van der Waals surface area contributed by atoms with Crippen LogP contribution in [-0.2, 0) is 4.79 Å². The second kappa shape index (κ2) is 3.30. The Bertz CT molecular complexity index is 181. The van der Waals surface area contributed by atoms with Gasteiger partial charge in [0.15, 0.2) is 0 Å². The summed E-state index contributed by atoms with van der Waals surface area (Å²) in [6, 6.07) is 0. The molecule has 0 spiro atoms. The molecule has 2 nitrogen and oxygen atoms in total. The van der Waals surface area contributed by atoms with Crippen LogP contribution in [0.1, 0.15) is 27.7 Å². The van der Waals surface area contributed by atoms with Crippen molar-refractivity contribution in [1.29, 1.82) is 0 Å². The van der Waals surface area contributed by atoms with Gasteiger partial charge in [0, 0.05) is 19.4 Å². The Balaban J connectivity index is 4.39. The van der Waals surface area contributed by atoms with E-state index in [4.69, 9.17) is 12.2 Å². The molecule has 0 fully saturated rings. The van der Waals surface area contributed by atoms with Crippen LogP contribution in [0.5, 0.6) is 0 Å². The monoisotopic (exact) mass is 173 g/mol. The first-order chi connectivity index (χ1) is 4.76. The third kappa shape index (κ3) is 2.97. The summed E-state index contributed by atoms with van der Waals surface area (Å²) in [6.45, 7) is 7.50. The average molecular weight is 173 g/mol. The van der Waals surface area contributed by atoms with Crippen molar-refractivity contribution in [3.05, 3.63) is 0 Å². The minimum Gasteiger partial charge on any atom is -0.310 e. The molecule has 0 saturated heterocycles. The van der Waals surface area contributed by atoms with E-state index in [0.29, 0.717) is 4.99 Å². The van der Waals surface area contributed by atoms with E-state index in [0.717, 1.165) is 0 Å². The molecule has 0 radical (unpaired) electrons. The van der Waals surface area contributed by atoms with Gasteiger partial charge in [-0.1, -0.05) is 33.0 Å². The molecule has 0 aliphatic carbocycles. The van der Waals surface area contributed by atoms with E-state index in [-0.39, 0.29) is 11.3 Å². The van der Waals surface area contributed by atoms with Crippen LogP contribution < -0.4 is 0 Å². The van der Waals surface area contributed by atoms with E-state index >= 15 is 0 Å². The number of carbonyl (C=O) groups is 1. The van der Waals surface area contributed by atoms with Crippen molar-refractivity contribution in [3.63, 3.8) is 0 Å². The number of thiocarbonyl (C=S) groups is 1. The van der Waals surface area contributed by atoms with Gasteiger partial charge in [-0.15, -0.1) is 0 Å². The molecule has 0 saturated carbocycles. The highest BCUT2D eigenvalue weighted by Crippen LogP contribution is 2.18. The molecule has 64 valence electrons. The lowest BCUT2D eigenvalue weighted by molar-refractivity contribution is -0.124. The average Bonchev–Trinajstić information content (AvgIpc) is 1.82. The quantitative estimate of drug-likeness (QED) is 0.521. The molecule has 0 aliphatic rings. The number of carbonyl (C=O) groups excluding carboxylic acids is 1. The van der Waals surface area contributed by atoms with Gasteiger partial charge in [0.25, 0.3) is 0 Å². The van der Waals surface area contributed by atoms with Crippen LogP contribution in [0.4, 0.5) is 0 Å². The van der Waals surface area contributed by atoms with E-state index < -0.39 is 0 Å². The van der Waals surface area contributed by atoms with Gasteiger partial charge in [-0.05, 0) is 0 Å². The Labute approximate surface area is 73.6 Å². The van der Waals surface area contributed by atoms with Gasteiger partial charge in [-0.2, -0.15) is 0 Å². The summed E-state index contributed by atoms with van der Waals surface area (Å²) in [6.07, 6.45) is 0. The molecule has 3 heteroatoms. The van der Waals surface area contributed by atoms with Crippen molar-refractivity contribution in [2.45, 2.75) is 27.7 Å². The summed E-state index contributed by atoms with van der Waals surface area (Å²) in [5, 5.41) is 0. The summed E-state index contributed by atoms with van der Waals surface area (Å²) in [7, 11) is 1.70. The SMILES string of the molecule is CC(=O)N(C)C(=S)C(C)(C)C. The predicted molar refractivity (Wildman–Crippen MR) is 50.5 cm³/mol. The van der Waals surface area contributed by atoms with E-state index in [1.54, 1.807) is 7.05 Å². The molecule has 0 N–H and O–H groups in total. The van der Waals surface area contributed by atoms with Crippen molar-refractivity contribution in [3.8, 4) is 0 Å². The van der Waals surface area contributed by atoms with Crippen LogP contribution in [0.3, 0.4) is 0 Å². The fourth-order valence-electron chi connectivity index (χ4n) is 0.646. The molecule has 0 atom stereocenters. The highest BCUT2D eigenvalue weighted by atomic mass is 32.1. The van der Waals surface area contributed by atoms with Crippen molar-refractivity contribution >= 4 is 23.1 Å². The highest BCUT2D eigenvalue weighted by Gasteiger charge is 2.22. The second-order valence-electron chi connectivity index (χ2n) is 3.63. The summed E-state index contributed by atoms with van der Waals surface area (Å²) < 4.78 is 0. The molecule has 1 amide bonds. The predicted octanol–water partition coefficient (Wildman–Crippen LogP) is 1.84. The van der Waals surface area contributed by atoms with E-state index in [9.17, 15) is 4.79 Å². The second-order valence-corrected chi connectivity index (χ2v) is 4.02. The number of hydrogen-bond acceptors (Lipinski definition) is 2. The summed E-state index contributed by atoms with van der Waals surface area (Å²) in [4.78, 5) is 13.1. The van der Waals surface area contributed by atoms with E-state index in [1.165, 1.54) is 11.8 Å². The van der Waals surface area contributed by atoms with Gasteiger partial charge in [0.1, 0.15) is 0 Å². The molecule has 0 aromatic rings. The Morgan fingerprint density at radius 2 is 1.73 bits per heavy atom. The molecule has 0 unspecified atom stereocenters. The lowest BCUT2D eigenvalue weighted by Crippen LogP contribution is -2.37. The summed E-state index contributed by atoms with van der Waals surface area (Å²) in [5.74, 6) is -0.00933. The lowest BCUT2D eigenvalue weighted by atomic mass is 9.96. The molecule has 0 heterocycles. The van der Waals surface area contributed by atoms with Crippen LogP contribution in [0, 0.1) is 5.41 Å². The molecular weight excluding hydrogens is 158 g/mol. The minimum atomic E-state index is -0.101. The smallest absolute Gasteiger partial charge is 0.223 e. The third-order valence-corrected chi connectivity index (χ3v) is 2.30. The van der Waals surface area contributed by atoms with Crippen LogP contribution in [0.15, 0.2) is 0 Å². The van der Waals surface area contributed by atoms with Gasteiger partial charge >= 0.3 is 0 Å². The zero-order valence-corrected chi connectivity index (χ0v) is 8.58. The molecule has 0 aromatic heterocycles. The van der Waals surface area contributed by atoms with Crippen LogP contribution >= 0.6 is 12.2 Å². The Morgan fingerprint density at radius 1 is 1.36 bits per heavy atom. The van der Waals surface area contributed by atoms with Crippen molar-refractivity contribution in [1.82, 2.24) is 4.90 Å². The summed E-state index contributed by atoms with van der Waals surface area (Å²) in [5.41, 5.74) is -0.101. The third-order valence-electron chi connectivity index (χ3n) is 1.42. The fourth-order valence-corrected chi connectivity index (χ4v) is 0.775. The molecule has 0 aromatic carbocycles. The molecule has 0 bridgehead atoms. The van der Waals surface area contributed by atoms with Crippen molar-refractivity contribution in [2.75, 3.05) is 7.05 Å². The Morgan fingerprint density at radius 3 is 1.82 bits per heavy atom. The van der Waals surface area contributed by atoms with E-state index in [1.807, 2.05) is 20.8 Å². The molecule has 0 aliphatic heterocycles. The Hall–Kier alpha value is -0.440. The standard InChI is InChI=1S/C8H15NOS/c1-6(10)9(5)7(11)8(2,3)4/h1-5H3. The lowest BCUT2D eigenvalue weighted by Gasteiger charge is -2.26. The number of hydrogen-bond donors (Lipinski definition) is 0. The maximum absolute atomic E-state index is 10.9. The van der Waals surface area contributed by atoms with Crippen LogP contribution in [0.25, 0.3) is 0 Å². The van der Waals surface area contributed by atoms with Crippen LogP contribution in [-0.4, -0.2) is 22.8 Å². The molecular formula is C8H15NOS. The van der Waals surface area contributed by atoms with Gasteiger partial charge < -0.3 is 4.90 Å². The van der Waals surface area contributed by atoms with Gasteiger partial charge in [-0.3, -0.25) is 4.79 Å². The first-order valence-electron chi connectivity index (χ1n) is 3.55. The van der Waals surface area contributed by atoms with Crippen molar-refractivity contribution < 1.29 is 4.79 Å². The topological polar surface area (TPSA) is 20.3 Å². The number of rotatable bonds is 0. The van der Waals surface area contributed by atoms with Crippen LogP contribution in [0.2, 0.25) is 0 Å². The van der Waals surface area contributed by atoms with Gasteiger partial charge in [-0.25, -0.2) is 0 Å². The summed E-state index contributed by atoms with van der Waals surface area (Å²) >= 11 is 5.10. The first kappa shape index (κ1) is 10.6. The largest absolute Gasteiger partial charge is 0.310 e. The zero-order chi connectivity index (χ0) is 9.23.